The number of hydrogen-bond acceptors (Lipinski definition) is 14. The van der Waals surface area contributed by atoms with Crippen LogP contribution in [0.15, 0.2) is 110 Å². The Morgan fingerprint density at radius 2 is 1.02 bits per heavy atom. The maximum atomic E-state index is 12.3. The average molecular weight is 824 g/mol. The summed E-state index contributed by atoms with van der Waals surface area (Å²) in [6.45, 7) is 0. The van der Waals surface area contributed by atoms with E-state index in [0.29, 0.717) is 35.5 Å². The Hall–Kier alpha value is -6.65. The molecule has 0 atom stereocenters. The van der Waals surface area contributed by atoms with Gasteiger partial charge in [0.25, 0.3) is 5.91 Å². The highest BCUT2D eigenvalue weighted by Crippen LogP contribution is 2.30. The first-order valence-corrected chi connectivity index (χ1v) is 17.8. The van der Waals surface area contributed by atoms with Crippen molar-refractivity contribution >= 4 is 11.9 Å². The number of hydrogen-bond donors (Lipinski definition) is 3. The Labute approximate surface area is 350 Å². The molecule has 1 amide bonds. The van der Waals surface area contributed by atoms with E-state index in [9.17, 15) is 9.59 Å². The van der Waals surface area contributed by atoms with Gasteiger partial charge < -0.3 is 36.1 Å². The molecule has 0 aliphatic heterocycles. The maximum Gasteiger partial charge on any atom is 0.341 e. The van der Waals surface area contributed by atoms with Crippen LogP contribution in [0.25, 0.3) is 22.5 Å². The number of rotatable bonds is 12. The summed E-state index contributed by atoms with van der Waals surface area (Å²) in [6.07, 6.45) is 4.13. The molecule has 0 fully saturated rings. The van der Waals surface area contributed by atoms with E-state index >= 15 is 0 Å². The summed E-state index contributed by atoms with van der Waals surface area (Å²) in [4.78, 5) is 41.7. The van der Waals surface area contributed by atoms with Crippen molar-refractivity contribution in [2.75, 3.05) is 49.6 Å². The van der Waals surface area contributed by atoms with E-state index in [4.69, 9.17) is 29.5 Å². The number of esters is 1. The first-order chi connectivity index (χ1) is 28.1. The summed E-state index contributed by atoms with van der Waals surface area (Å²) in [6, 6.07) is 30.1. The molecule has 0 aliphatic rings. The fourth-order valence-electron chi connectivity index (χ4n) is 5.77. The molecule has 0 spiro atoms. The molecule has 2 aromatic heterocycles. The molecule has 4 aromatic carbocycles. The van der Waals surface area contributed by atoms with E-state index in [0.717, 1.165) is 61.5 Å². The fraction of sp³-hybridized carbons (Fsp3) is 0.209. The number of carbonyl (C=O) groups excluding carboxylic acids is 2. The Kier molecular flexibility index (Phi) is 18.7. The van der Waals surface area contributed by atoms with Crippen molar-refractivity contribution in [2.24, 2.45) is 11.7 Å². The van der Waals surface area contributed by atoms with E-state index < -0.39 is 5.97 Å². The van der Waals surface area contributed by atoms with Crippen LogP contribution in [0.3, 0.4) is 0 Å². The molecule has 0 saturated heterocycles. The van der Waals surface area contributed by atoms with Crippen LogP contribution in [-0.4, -0.2) is 86.5 Å². The number of nitrogens with one attached hydrogen (secondary N) is 1. The van der Waals surface area contributed by atoms with Gasteiger partial charge in [0, 0.05) is 42.4 Å². The van der Waals surface area contributed by atoms with Gasteiger partial charge >= 0.3 is 5.97 Å². The zero-order valence-electron chi connectivity index (χ0n) is 33.9. The first kappa shape index (κ1) is 46.7. The second kappa shape index (κ2) is 23.5. The summed E-state index contributed by atoms with van der Waals surface area (Å²) in [5, 5.41) is 1.03. The standard InChI is InChI=1S/C21H22N4O3.C21H20N2O4.CH6N2.ClH/c1-25(22)21(26)17-11-14(8-9-20(17)28-3)10-15-12-18(24-13-23-15)16-6-4-5-7-19(16)27-2;1-25-19-7-5-4-6-16(19)18-12-15(22-13-23-18)10-14-8-9-20(26-2)17(11-14)21(24)27-3;1-3-2;/h4-9,11-13H,10,22H2,1-3H3;4-9,11-13H,10H2,1-3H3;3H,2H2,1H3;1H/p-1. The lowest BCUT2D eigenvalue weighted by Gasteiger charge is -2.14. The quantitative estimate of drug-likeness (QED) is 0.0703. The number of carbonyl (C=O) groups is 2. The minimum absolute atomic E-state index is 0. The smallest absolute Gasteiger partial charge is 0.341 e. The fourth-order valence-corrected chi connectivity index (χ4v) is 5.77. The number of para-hydroxylation sites is 2. The summed E-state index contributed by atoms with van der Waals surface area (Å²) in [5.41, 5.74) is 9.86. The monoisotopic (exact) mass is 823 g/mol. The second-order valence-corrected chi connectivity index (χ2v) is 12.3. The number of aromatic nitrogens is 4. The lowest BCUT2D eigenvalue weighted by atomic mass is 10.0. The predicted octanol–water partition coefficient (Wildman–Crippen LogP) is 2.32. The lowest BCUT2D eigenvalue weighted by Crippen LogP contribution is -3.00. The third kappa shape index (κ3) is 12.7. The molecular formula is C43H48ClN8O7-. The van der Waals surface area contributed by atoms with Crippen molar-refractivity contribution in [3.8, 4) is 45.5 Å². The lowest BCUT2D eigenvalue weighted by molar-refractivity contribution is -0.0000367. The summed E-state index contributed by atoms with van der Waals surface area (Å²) < 4.78 is 26.2. The number of benzene rings is 4. The average Bonchev–Trinajstić information content (AvgIpc) is 3.26. The van der Waals surface area contributed by atoms with Gasteiger partial charge in [0.2, 0.25) is 0 Å². The molecule has 0 radical (unpaired) electrons. The molecule has 5 N–H and O–H groups in total. The molecule has 6 rings (SSSR count). The van der Waals surface area contributed by atoms with Crippen molar-refractivity contribution < 1.29 is 45.7 Å². The molecule has 0 saturated carbocycles. The van der Waals surface area contributed by atoms with Crippen LogP contribution in [0.4, 0.5) is 0 Å². The van der Waals surface area contributed by atoms with Crippen molar-refractivity contribution in [1.82, 2.24) is 30.4 Å². The topological polar surface area (TPSA) is 199 Å². The Morgan fingerprint density at radius 3 is 1.42 bits per heavy atom. The van der Waals surface area contributed by atoms with Crippen LogP contribution in [0.5, 0.6) is 23.0 Å². The van der Waals surface area contributed by atoms with Crippen molar-refractivity contribution in [1.29, 1.82) is 0 Å². The van der Waals surface area contributed by atoms with E-state index in [1.807, 2.05) is 72.8 Å². The second-order valence-electron chi connectivity index (χ2n) is 12.3. The van der Waals surface area contributed by atoms with Gasteiger partial charge in [-0.15, -0.1) is 0 Å². The van der Waals surface area contributed by atoms with Gasteiger partial charge in [-0.3, -0.25) is 21.1 Å². The molecule has 0 aliphatic carbocycles. The normalized spacial score (nSPS) is 9.98. The molecule has 59 heavy (non-hydrogen) atoms. The third-order valence-electron chi connectivity index (χ3n) is 8.47. The van der Waals surface area contributed by atoms with Gasteiger partial charge in [-0.05, 0) is 78.8 Å². The molecule has 15 nitrogen and oxygen atoms in total. The van der Waals surface area contributed by atoms with Crippen LogP contribution < -0.4 is 48.5 Å². The van der Waals surface area contributed by atoms with Crippen LogP contribution in [0.2, 0.25) is 0 Å². The zero-order chi connectivity index (χ0) is 42.0. The number of ether oxygens (including phenoxy) is 5. The summed E-state index contributed by atoms with van der Waals surface area (Å²) in [5.74, 6) is 11.9. The van der Waals surface area contributed by atoms with Gasteiger partial charge in [0.1, 0.15) is 41.2 Å². The molecular weight excluding hydrogens is 776 g/mol. The number of methoxy groups -OCH3 is 5. The maximum absolute atomic E-state index is 12.3. The molecule has 6 aromatic rings. The number of nitrogens with two attached hydrogens (primary N) is 2. The third-order valence-corrected chi connectivity index (χ3v) is 8.47. The van der Waals surface area contributed by atoms with E-state index in [-0.39, 0.29) is 18.3 Å². The Balaban J connectivity index is 0.000000291. The van der Waals surface area contributed by atoms with Crippen LogP contribution >= 0.6 is 0 Å². The SMILES string of the molecule is CNN.COC(=O)c1cc(Cc2cc(-c3ccccc3OC)ncn2)ccc1OC.COc1ccc(Cc2cc(-c3ccccc3OC)ncn2)cc1C(=O)N(C)N.[Cl-]. The predicted molar refractivity (Wildman–Crippen MR) is 221 cm³/mol. The number of halogens is 1. The van der Waals surface area contributed by atoms with Gasteiger partial charge in [-0.25, -0.2) is 30.6 Å². The highest BCUT2D eigenvalue weighted by molar-refractivity contribution is 5.96. The number of hydrazine groups is 2. The number of nitrogens with zero attached hydrogens (tertiary/aromatic N) is 5. The van der Waals surface area contributed by atoms with Gasteiger partial charge in [-0.2, -0.15) is 0 Å². The van der Waals surface area contributed by atoms with E-state index in [1.165, 1.54) is 41.0 Å². The number of amides is 1. The van der Waals surface area contributed by atoms with Crippen molar-refractivity contribution in [2.45, 2.75) is 12.8 Å². The highest BCUT2D eigenvalue weighted by atomic mass is 35.5. The van der Waals surface area contributed by atoms with Crippen LogP contribution in [0, 0.1) is 0 Å². The largest absolute Gasteiger partial charge is 1.00 e. The summed E-state index contributed by atoms with van der Waals surface area (Å²) in [7, 11) is 10.8. The molecule has 310 valence electrons. The van der Waals surface area contributed by atoms with Gasteiger partial charge in [0.15, 0.2) is 0 Å². The van der Waals surface area contributed by atoms with Crippen molar-refractivity contribution in [3.05, 3.63) is 143 Å². The van der Waals surface area contributed by atoms with Gasteiger partial charge in [-0.1, -0.05) is 36.4 Å². The minimum Gasteiger partial charge on any atom is -1.00 e. The van der Waals surface area contributed by atoms with Crippen LogP contribution in [-0.2, 0) is 17.6 Å². The summed E-state index contributed by atoms with van der Waals surface area (Å²) >= 11 is 0. The Morgan fingerprint density at radius 1 is 0.610 bits per heavy atom. The molecule has 16 heteroatoms. The van der Waals surface area contributed by atoms with Crippen LogP contribution in [0.1, 0.15) is 43.2 Å². The molecule has 2 heterocycles. The Bertz CT molecular complexity index is 2290. The van der Waals surface area contributed by atoms with Crippen molar-refractivity contribution in [3.63, 3.8) is 0 Å². The molecule has 0 unspecified atom stereocenters. The molecule has 0 bridgehead atoms. The first-order valence-electron chi connectivity index (χ1n) is 17.8. The minimum atomic E-state index is -0.439. The highest BCUT2D eigenvalue weighted by Gasteiger charge is 2.17. The van der Waals surface area contributed by atoms with Gasteiger partial charge in [0.05, 0.1) is 52.5 Å². The van der Waals surface area contributed by atoms with E-state index in [1.54, 1.807) is 45.5 Å². The van der Waals surface area contributed by atoms with E-state index in [2.05, 4.69) is 31.2 Å². The zero-order valence-corrected chi connectivity index (χ0v) is 34.7.